The summed E-state index contributed by atoms with van der Waals surface area (Å²) in [5.74, 6) is -0.953. The minimum absolute atomic E-state index is 0.231. The van der Waals surface area contributed by atoms with Gasteiger partial charge >= 0.3 is 5.97 Å². The summed E-state index contributed by atoms with van der Waals surface area (Å²) in [6.07, 6.45) is 3.09. The predicted molar refractivity (Wildman–Crippen MR) is 54.6 cm³/mol. The molecule has 0 spiro atoms. The lowest BCUT2D eigenvalue weighted by Crippen LogP contribution is -1.97. The number of fused-ring (bicyclic) bond motifs is 1. The fourth-order valence-corrected chi connectivity index (χ4v) is 1.98. The van der Waals surface area contributed by atoms with Crippen LogP contribution in [0.5, 0.6) is 0 Å². The number of hydrogen-bond donors (Lipinski definition) is 1. The SMILES string of the molecule is Cc1cc(Br)cn2ncc(C(=O)O)c12. The van der Waals surface area contributed by atoms with Crippen LogP contribution in [0.25, 0.3) is 5.52 Å². The van der Waals surface area contributed by atoms with E-state index in [1.807, 2.05) is 13.0 Å². The van der Waals surface area contributed by atoms with E-state index >= 15 is 0 Å². The Kier molecular flexibility index (Phi) is 2.03. The number of nitrogens with zero attached hydrogens (tertiary/aromatic N) is 2. The molecule has 0 saturated heterocycles. The summed E-state index contributed by atoms with van der Waals surface area (Å²) >= 11 is 3.32. The zero-order chi connectivity index (χ0) is 10.3. The molecule has 0 bridgehead atoms. The summed E-state index contributed by atoms with van der Waals surface area (Å²) in [4.78, 5) is 10.8. The molecule has 0 atom stereocenters. The molecule has 0 amide bonds. The topological polar surface area (TPSA) is 54.6 Å². The van der Waals surface area contributed by atoms with Crippen molar-refractivity contribution in [3.05, 3.63) is 34.1 Å². The maximum atomic E-state index is 10.8. The Hall–Kier alpha value is -1.36. The smallest absolute Gasteiger partial charge is 0.339 e. The van der Waals surface area contributed by atoms with Gasteiger partial charge in [0.1, 0.15) is 5.56 Å². The molecule has 2 aromatic rings. The van der Waals surface area contributed by atoms with Crippen LogP contribution >= 0.6 is 15.9 Å². The van der Waals surface area contributed by atoms with Crippen LogP contribution < -0.4 is 0 Å². The first-order chi connectivity index (χ1) is 6.59. The van der Waals surface area contributed by atoms with Crippen molar-refractivity contribution in [2.75, 3.05) is 0 Å². The standard InChI is InChI=1S/C9H7BrN2O2/c1-5-2-6(10)4-12-8(5)7(3-11-12)9(13)14/h2-4H,1H3,(H,13,14). The second-order valence-electron chi connectivity index (χ2n) is 3.00. The zero-order valence-electron chi connectivity index (χ0n) is 7.36. The first kappa shape index (κ1) is 9.21. The molecular formula is C9H7BrN2O2. The van der Waals surface area contributed by atoms with Crippen LogP contribution in [0.3, 0.4) is 0 Å². The van der Waals surface area contributed by atoms with Gasteiger partial charge in [-0.05, 0) is 34.5 Å². The maximum absolute atomic E-state index is 10.8. The Balaban J connectivity index is 2.85. The highest BCUT2D eigenvalue weighted by Crippen LogP contribution is 2.19. The number of pyridine rings is 1. The molecule has 0 fully saturated rings. The molecule has 0 saturated carbocycles. The Bertz CT molecular complexity index is 519. The van der Waals surface area contributed by atoms with Gasteiger partial charge in [-0.2, -0.15) is 5.10 Å². The van der Waals surface area contributed by atoms with Crippen molar-refractivity contribution in [1.82, 2.24) is 9.61 Å². The van der Waals surface area contributed by atoms with E-state index in [-0.39, 0.29) is 5.56 Å². The molecule has 4 nitrogen and oxygen atoms in total. The minimum atomic E-state index is -0.953. The number of hydrogen-bond acceptors (Lipinski definition) is 2. The third-order valence-electron chi connectivity index (χ3n) is 2.00. The first-order valence-electron chi connectivity index (χ1n) is 3.96. The van der Waals surface area contributed by atoms with Gasteiger partial charge in [-0.15, -0.1) is 0 Å². The second-order valence-corrected chi connectivity index (χ2v) is 3.91. The average Bonchev–Trinajstić information content (AvgIpc) is 2.47. The number of carboxylic acid groups (broad SMARTS) is 1. The highest BCUT2D eigenvalue weighted by Gasteiger charge is 2.13. The minimum Gasteiger partial charge on any atom is -0.478 e. The number of carboxylic acids is 1. The van der Waals surface area contributed by atoms with E-state index in [2.05, 4.69) is 21.0 Å². The van der Waals surface area contributed by atoms with Crippen LogP contribution in [-0.4, -0.2) is 20.7 Å². The summed E-state index contributed by atoms with van der Waals surface area (Å²) in [6, 6.07) is 1.86. The van der Waals surface area contributed by atoms with E-state index in [0.29, 0.717) is 5.52 Å². The number of aryl methyl sites for hydroxylation is 1. The highest BCUT2D eigenvalue weighted by atomic mass is 79.9. The van der Waals surface area contributed by atoms with Crippen molar-refractivity contribution in [1.29, 1.82) is 0 Å². The van der Waals surface area contributed by atoms with Crippen molar-refractivity contribution >= 4 is 27.4 Å². The molecule has 0 radical (unpaired) electrons. The van der Waals surface area contributed by atoms with Crippen molar-refractivity contribution in [3.63, 3.8) is 0 Å². The fourth-order valence-electron chi connectivity index (χ4n) is 1.44. The Labute approximate surface area is 88.3 Å². The van der Waals surface area contributed by atoms with Gasteiger partial charge in [0, 0.05) is 10.7 Å². The largest absolute Gasteiger partial charge is 0.478 e. The predicted octanol–water partition coefficient (Wildman–Crippen LogP) is 2.10. The van der Waals surface area contributed by atoms with Crippen molar-refractivity contribution in [2.24, 2.45) is 0 Å². The molecule has 1 N–H and O–H groups in total. The fraction of sp³-hybridized carbons (Fsp3) is 0.111. The third kappa shape index (κ3) is 1.29. The van der Waals surface area contributed by atoms with Gasteiger partial charge in [0.05, 0.1) is 11.7 Å². The average molecular weight is 255 g/mol. The van der Waals surface area contributed by atoms with Gasteiger partial charge in [0.2, 0.25) is 0 Å². The number of halogens is 1. The molecule has 0 aliphatic carbocycles. The van der Waals surface area contributed by atoms with Gasteiger partial charge in [0.15, 0.2) is 0 Å². The van der Waals surface area contributed by atoms with Gasteiger partial charge in [-0.25, -0.2) is 9.31 Å². The normalized spacial score (nSPS) is 10.7. The lowest BCUT2D eigenvalue weighted by atomic mass is 10.2. The number of aromatic nitrogens is 2. The second kappa shape index (κ2) is 3.09. The van der Waals surface area contributed by atoms with Crippen molar-refractivity contribution < 1.29 is 9.90 Å². The van der Waals surface area contributed by atoms with Gasteiger partial charge < -0.3 is 5.11 Å². The van der Waals surface area contributed by atoms with E-state index < -0.39 is 5.97 Å². The summed E-state index contributed by atoms with van der Waals surface area (Å²) in [6.45, 7) is 1.86. The molecule has 0 unspecified atom stereocenters. The lowest BCUT2D eigenvalue weighted by molar-refractivity contribution is 0.0699. The van der Waals surface area contributed by atoms with E-state index in [9.17, 15) is 4.79 Å². The quantitative estimate of drug-likeness (QED) is 0.848. The van der Waals surface area contributed by atoms with Crippen LogP contribution in [-0.2, 0) is 0 Å². The molecule has 0 aliphatic heterocycles. The summed E-state index contributed by atoms with van der Waals surface area (Å²) < 4.78 is 2.44. The third-order valence-corrected chi connectivity index (χ3v) is 2.43. The van der Waals surface area contributed by atoms with Gasteiger partial charge in [-0.3, -0.25) is 0 Å². The van der Waals surface area contributed by atoms with Crippen LogP contribution in [0.15, 0.2) is 22.9 Å². The van der Waals surface area contributed by atoms with Crippen LogP contribution in [0, 0.1) is 6.92 Å². The van der Waals surface area contributed by atoms with Crippen molar-refractivity contribution in [3.8, 4) is 0 Å². The van der Waals surface area contributed by atoms with E-state index in [0.717, 1.165) is 10.0 Å². The number of aromatic carboxylic acids is 1. The number of rotatable bonds is 1. The summed E-state index contributed by atoms with van der Waals surface area (Å²) in [7, 11) is 0. The molecule has 5 heteroatoms. The number of carbonyl (C=O) groups is 1. The monoisotopic (exact) mass is 254 g/mol. The van der Waals surface area contributed by atoms with Crippen molar-refractivity contribution in [2.45, 2.75) is 6.92 Å². The molecule has 2 heterocycles. The molecule has 2 rings (SSSR count). The van der Waals surface area contributed by atoms with E-state index in [1.54, 1.807) is 10.7 Å². The first-order valence-corrected chi connectivity index (χ1v) is 4.75. The molecule has 14 heavy (non-hydrogen) atoms. The Morgan fingerprint density at radius 1 is 1.64 bits per heavy atom. The summed E-state index contributed by atoms with van der Waals surface area (Å²) in [5, 5.41) is 12.9. The van der Waals surface area contributed by atoms with Crippen LogP contribution in [0.1, 0.15) is 15.9 Å². The van der Waals surface area contributed by atoms with Gasteiger partial charge in [-0.1, -0.05) is 0 Å². The Morgan fingerprint density at radius 2 is 2.36 bits per heavy atom. The van der Waals surface area contributed by atoms with Crippen LogP contribution in [0.2, 0.25) is 0 Å². The maximum Gasteiger partial charge on any atom is 0.339 e. The molecule has 0 aromatic carbocycles. The van der Waals surface area contributed by atoms with Gasteiger partial charge in [0.25, 0.3) is 0 Å². The molecule has 0 aliphatic rings. The summed E-state index contributed by atoms with van der Waals surface area (Å²) in [5.41, 5.74) is 1.75. The Morgan fingerprint density at radius 3 is 3.00 bits per heavy atom. The van der Waals surface area contributed by atoms with E-state index in [1.165, 1.54) is 6.20 Å². The lowest BCUT2D eigenvalue weighted by Gasteiger charge is -2.00. The highest BCUT2D eigenvalue weighted by molar-refractivity contribution is 9.10. The van der Waals surface area contributed by atoms with Crippen LogP contribution in [0.4, 0.5) is 0 Å². The molecule has 2 aromatic heterocycles. The molecule has 72 valence electrons. The molecular weight excluding hydrogens is 248 g/mol. The van der Waals surface area contributed by atoms with E-state index in [4.69, 9.17) is 5.11 Å². The zero-order valence-corrected chi connectivity index (χ0v) is 8.95.